The van der Waals surface area contributed by atoms with Crippen molar-refractivity contribution < 1.29 is 25.7 Å². The minimum absolute atomic E-state index is 0.0188. The first-order chi connectivity index (χ1) is 17.5. The summed E-state index contributed by atoms with van der Waals surface area (Å²) in [6, 6.07) is 0. The van der Waals surface area contributed by atoms with Gasteiger partial charge in [0.05, 0.1) is 6.10 Å². The Hall–Kier alpha value is -1.27. The molecule has 4 saturated carbocycles. The number of allylic oxidation sites excluding steroid dienone is 2. The number of fused-ring (bicyclic) bond motifs is 7. The topological polar surface area (TPSA) is 77.8 Å². The highest BCUT2D eigenvalue weighted by molar-refractivity contribution is 5.95. The zero-order valence-corrected chi connectivity index (χ0v) is 24.0. The molecule has 6 heteroatoms. The Kier molecular flexibility index (Phi) is 5.71. The lowest BCUT2D eigenvalue weighted by Gasteiger charge is -2.70. The maximum absolute atomic E-state index is 14.3. The Morgan fingerprint density at radius 2 is 1.73 bits per heavy atom. The minimum Gasteiger partial charge on any atom is -0.393 e. The quantitative estimate of drug-likeness (QED) is 0.254. The number of carbonyl (C=O) groups is 2. The Balaban J connectivity index is 1.58. The van der Waals surface area contributed by atoms with Crippen molar-refractivity contribution in [1.29, 1.82) is 0 Å². The van der Waals surface area contributed by atoms with Gasteiger partial charge in [-0.3, -0.25) is 14.8 Å². The van der Waals surface area contributed by atoms with Crippen LogP contribution in [-0.4, -0.2) is 40.0 Å². The molecule has 1 amide bonds. The summed E-state index contributed by atoms with van der Waals surface area (Å²) in [6.45, 7) is 14.5. The molecule has 9 atom stereocenters. The second-order valence-corrected chi connectivity index (χ2v) is 15.4. The first-order valence-electron chi connectivity index (χ1n) is 14.9. The van der Waals surface area contributed by atoms with Crippen LogP contribution in [0, 0.1) is 50.2 Å². The van der Waals surface area contributed by atoms with Gasteiger partial charge in [0.25, 0.3) is 5.91 Å². The van der Waals surface area contributed by atoms with Gasteiger partial charge in [-0.05, 0) is 103 Å². The molecule has 37 heavy (non-hydrogen) atoms. The molecule has 1 unspecified atom stereocenters. The summed E-state index contributed by atoms with van der Waals surface area (Å²) in [5.41, 5.74) is -0.423. The smallest absolute Gasteiger partial charge is 0.254 e. The predicted octanol–water partition coefficient (Wildman–Crippen LogP) is 6.47. The van der Waals surface area contributed by atoms with Crippen molar-refractivity contribution in [1.82, 2.24) is 5.06 Å². The molecule has 0 heterocycles. The largest absolute Gasteiger partial charge is 0.393 e. The fourth-order valence-electron chi connectivity index (χ4n) is 10.7. The lowest BCUT2D eigenvalue weighted by molar-refractivity contribution is -0.204. The van der Waals surface area contributed by atoms with E-state index in [0.717, 1.165) is 44.9 Å². The fraction of sp³-hybridized carbons (Fsp3) is 0.871. The SMILES string of the molecule is [3H]ON(CF)C(=O)[C@@]1(C)CC[C@]2(C)CC[C@]3(C)C(=CC(=O)[C@@H]4[C@@]5(C)CC[C@H](O)C(C)(C)C5CC[C@]43C)[C@@H]2C1. The van der Waals surface area contributed by atoms with Crippen molar-refractivity contribution >= 4 is 11.7 Å². The second-order valence-electron chi connectivity index (χ2n) is 15.4. The van der Waals surface area contributed by atoms with Crippen molar-refractivity contribution in [3.8, 4) is 0 Å². The van der Waals surface area contributed by atoms with E-state index in [-0.39, 0.29) is 50.8 Å². The van der Waals surface area contributed by atoms with E-state index in [2.05, 4.69) is 46.8 Å². The molecule has 5 aliphatic rings. The monoisotopic (exact) mass is 519 g/mol. The number of aliphatic hydroxyl groups is 1. The molecular weight excluding hydrogens is 469 g/mol. The Morgan fingerprint density at radius 1 is 1.05 bits per heavy atom. The summed E-state index contributed by atoms with van der Waals surface area (Å²) in [4.78, 5) is 27.6. The third-order valence-corrected chi connectivity index (χ3v) is 13.4. The number of alkyl halides is 1. The molecule has 0 aromatic carbocycles. The van der Waals surface area contributed by atoms with Gasteiger partial charge in [-0.25, -0.2) is 4.39 Å². The molecule has 0 aromatic heterocycles. The van der Waals surface area contributed by atoms with Crippen LogP contribution >= 0.6 is 0 Å². The number of ketones is 1. The molecule has 0 aromatic rings. The highest BCUT2D eigenvalue weighted by atomic mass is 19.1. The van der Waals surface area contributed by atoms with E-state index in [0.29, 0.717) is 23.8 Å². The Morgan fingerprint density at radius 3 is 2.38 bits per heavy atom. The van der Waals surface area contributed by atoms with Crippen molar-refractivity contribution in [2.24, 2.45) is 50.2 Å². The van der Waals surface area contributed by atoms with Gasteiger partial charge in [-0.2, -0.15) is 5.06 Å². The normalized spacial score (nSPS) is 51.0. The first-order valence-corrected chi connectivity index (χ1v) is 14.5. The van der Waals surface area contributed by atoms with Gasteiger partial charge >= 0.3 is 0 Å². The number of hydrogen-bond donors (Lipinski definition) is 2. The molecular formula is C31H48FNO4. The lowest BCUT2D eigenvalue weighted by atomic mass is 9.33. The minimum atomic E-state index is -1.15. The van der Waals surface area contributed by atoms with Crippen LogP contribution in [0.15, 0.2) is 11.6 Å². The van der Waals surface area contributed by atoms with Crippen LogP contribution in [0.5, 0.6) is 0 Å². The third kappa shape index (κ3) is 3.39. The van der Waals surface area contributed by atoms with Crippen LogP contribution in [-0.2, 0) is 9.59 Å². The number of amides is 1. The van der Waals surface area contributed by atoms with Gasteiger partial charge < -0.3 is 5.11 Å². The summed E-state index contributed by atoms with van der Waals surface area (Å²) in [6.07, 6.45) is 9.25. The maximum atomic E-state index is 14.3. The number of hydroxylamine groups is 2. The van der Waals surface area contributed by atoms with Crippen molar-refractivity contribution in [2.75, 3.05) is 6.80 Å². The van der Waals surface area contributed by atoms with E-state index in [9.17, 15) is 19.1 Å². The van der Waals surface area contributed by atoms with E-state index in [1.165, 1.54) is 5.57 Å². The average Bonchev–Trinajstić information content (AvgIpc) is 2.85. The zero-order valence-electron chi connectivity index (χ0n) is 25.0. The van der Waals surface area contributed by atoms with Crippen LogP contribution in [0.4, 0.5) is 4.39 Å². The van der Waals surface area contributed by atoms with E-state index in [1.54, 1.807) is 0 Å². The zero-order chi connectivity index (χ0) is 28.1. The molecule has 5 nitrogen and oxygen atoms in total. The van der Waals surface area contributed by atoms with E-state index >= 15 is 0 Å². The summed E-state index contributed by atoms with van der Waals surface area (Å²) in [5, 5.41) is 15.8. The average molecular weight is 520 g/mol. The summed E-state index contributed by atoms with van der Waals surface area (Å²) in [5.74, 6) is -0.00316. The third-order valence-electron chi connectivity index (χ3n) is 13.4. The molecule has 0 radical (unpaired) electrons. The molecule has 2 N–H and O–H groups in total. The second kappa shape index (κ2) is 8.13. The summed E-state index contributed by atoms with van der Waals surface area (Å²) in [7, 11) is 0. The van der Waals surface area contributed by atoms with Gasteiger partial charge in [0.15, 0.2) is 12.6 Å². The number of hydrogen-bond acceptors (Lipinski definition) is 4. The van der Waals surface area contributed by atoms with Gasteiger partial charge in [0, 0.05) is 11.3 Å². The summed E-state index contributed by atoms with van der Waals surface area (Å²) >= 11 is 0. The molecule has 0 bridgehead atoms. The van der Waals surface area contributed by atoms with E-state index < -0.39 is 18.1 Å². The van der Waals surface area contributed by atoms with E-state index in [1.807, 2.05) is 13.0 Å². The lowest BCUT2D eigenvalue weighted by Crippen LogP contribution is -2.66. The summed E-state index contributed by atoms with van der Waals surface area (Å²) < 4.78 is 20.7. The van der Waals surface area contributed by atoms with Gasteiger partial charge in [-0.15, -0.1) is 0 Å². The Labute approximate surface area is 223 Å². The molecule has 0 aliphatic heterocycles. The number of rotatable bonds is 3. The predicted molar refractivity (Wildman–Crippen MR) is 140 cm³/mol. The van der Waals surface area contributed by atoms with Gasteiger partial charge in [0.1, 0.15) is 0 Å². The molecule has 5 aliphatic carbocycles. The standard InChI is InChI=1S/C31H48FNO4/c1-26(2)22-8-11-31(7)24(29(22,5)10-9-23(26)35)21(34)16-19-20-17-28(4,25(36)33(37)18-32)13-12-27(20,3)14-15-30(19,31)6/h16,20,22-24,35,37H,8-15,17-18H2,1-7H3/t20-,22?,23-,24+,27+,28-,29-,30+,31+/m0/s1/i37T. The molecule has 0 spiro atoms. The number of aliphatic hydroxyl groups excluding tert-OH is 1. The van der Waals surface area contributed by atoms with Gasteiger partial charge in [0.2, 0.25) is 1.43 Å². The molecule has 4 fully saturated rings. The van der Waals surface area contributed by atoms with Crippen molar-refractivity contribution in [3.05, 3.63) is 11.6 Å². The highest BCUT2D eigenvalue weighted by Gasteiger charge is 2.70. The van der Waals surface area contributed by atoms with E-state index in [4.69, 9.17) is 1.43 Å². The first kappa shape index (κ1) is 26.0. The molecule has 208 valence electrons. The van der Waals surface area contributed by atoms with Crippen LogP contribution in [0.25, 0.3) is 0 Å². The number of carbonyl (C=O) groups excluding carboxylic acids is 2. The fourth-order valence-corrected chi connectivity index (χ4v) is 10.7. The van der Waals surface area contributed by atoms with Crippen LogP contribution in [0.1, 0.15) is 106 Å². The van der Waals surface area contributed by atoms with Crippen LogP contribution < -0.4 is 0 Å². The number of halogens is 1. The van der Waals surface area contributed by atoms with Gasteiger partial charge in [-0.1, -0.05) is 54.0 Å². The van der Waals surface area contributed by atoms with Crippen LogP contribution in [0.2, 0.25) is 1.43 Å². The van der Waals surface area contributed by atoms with Crippen LogP contribution in [0.3, 0.4) is 0 Å². The maximum Gasteiger partial charge on any atom is 0.254 e. The molecule has 0 saturated heterocycles. The molecule has 5 rings (SSSR count). The highest BCUT2D eigenvalue weighted by Crippen LogP contribution is 2.75. The number of nitrogens with zero attached hydrogens (tertiary/aromatic N) is 1. The van der Waals surface area contributed by atoms with Crippen molar-refractivity contribution in [3.63, 3.8) is 0 Å². The Bertz CT molecular complexity index is 1060. The van der Waals surface area contributed by atoms with Crippen molar-refractivity contribution in [2.45, 2.75) is 112 Å².